The molecule has 0 saturated carbocycles. The van der Waals surface area contributed by atoms with Crippen molar-refractivity contribution < 1.29 is 4.79 Å². The van der Waals surface area contributed by atoms with Crippen LogP contribution < -0.4 is 5.32 Å². The molecule has 2 heterocycles. The number of amides is 1. The van der Waals surface area contributed by atoms with Gasteiger partial charge in [0, 0.05) is 34.1 Å². The monoisotopic (exact) mass is 396 g/mol. The lowest BCUT2D eigenvalue weighted by molar-refractivity contribution is -0.115. The van der Waals surface area contributed by atoms with E-state index >= 15 is 0 Å². The molecule has 0 aliphatic heterocycles. The van der Waals surface area contributed by atoms with Crippen molar-refractivity contribution in [3.05, 3.63) is 99.9 Å². The van der Waals surface area contributed by atoms with Crippen molar-refractivity contribution in [1.82, 2.24) is 10.3 Å². The molecule has 0 atom stereocenters. The van der Waals surface area contributed by atoms with Gasteiger partial charge >= 0.3 is 0 Å². The van der Waals surface area contributed by atoms with Gasteiger partial charge in [-0.05, 0) is 58.3 Å². The first kappa shape index (κ1) is 17.7. The van der Waals surface area contributed by atoms with Crippen molar-refractivity contribution in [1.29, 1.82) is 0 Å². The van der Waals surface area contributed by atoms with E-state index in [2.05, 4.69) is 46.0 Å². The zero-order chi connectivity index (χ0) is 19.6. The van der Waals surface area contributed by atoms with Crippen LogP contribution >= 0.6 is 11.3 Å². The Bertz CT molecular complexity index is 1240. The predicted molar refractivity (Wildman–Crippen MR) is 122 cm³/mol. The summed E-state index contributed by atoms with van der Waals surface area (Å²) in [5.74, 6) is -0.0214. The summed E-state index contributed by atoms with van der Waals surface area (Å²) in [6.45, 7) is 0.601. The van der Waals surface area contributed by atoms with Crippen LogP contribution in [0.15, 0.2) is 78.3 Å². The predicted octanol–water partition coefficient (Wildman–Crippen LogP) is 5.53. The summed E-state index contributed by atoms with van der Waals surface area (Å²) in [7, 11) is 0. The van der Waals surface area contributed by atoms with Crippen molar-refractivity contribution in [2.24, 2.45) is 0 Å². The Balaban J connectivity index is 1.34. The van der Waals surface area contributed by atoms with Gasteiger partial charge in [0.05, 0.1) is 0 Å². The summed E-state index contributed by atoms with van der Waals surface area (Å²) in [4.78, 5) is 17.4. The van der Waals surface area contributed by atoms with Crippen molar-refractivity contribution in [2.75, 3.05) is 6.54 Å². The van der Waals surface area contributed by atoms with E-state index in [1.54, 1.807) is 11.3 Å². The van der Waals surface area contributed by atoms with E-state index in [1.165, 1.54) is 15.8 Å². The van der Waals surface area contributed by atoms with Gasteiger partial charge in [0.15, 0.2) is 0 Å². The Hall–Kier alpha value is -3.37. The normalized spacial score (nSPS) is 14.2. The van der Waals surface area contributed by atoms with Gasteiger partial charge in [0.2, 0.25) is 0 Å². The third kappa shape index (κ3) is 3.43. The van der Waals surface area contributed by atoms with Gasteiger partial charge in [0.25, 0.3) is 5.91 Å². The van der Waals surface area contributed by atoms with E-state index in [9.17, 15) is 4.79 Å². The molecule has 2 aromatic carbocycles. The van der Waals surface area contributed by atoms with Gasteiger partial charge in [0.1, 0.15) is 0 Å². The maximum absolute atomic E-state index is 12.9. The number of carbonyl (C=O) groups is 1. The number of benzene rings is 2. The molecule has 1 amide bonds. The van der Waals surface area contributed by atoms with Gasteiger partial charge in [-0.1, -0.05) is 48.5 Å². The van der Waals surface area contributed by atoms with Crippen molar-refractivity contribution >= 4 is 45.4 Å². The zero-order valence-corrected chi connectivity index (χ0v) is 16.6. The second kappa shape index (κ2) is 7.57. The Morgan fingerprint density at radius 2 is 1.83 bits per heavy atom. The molecule has 1 aliphatic carbocycles. The molecule has 0 radical (unpaired) electrons. The molecule has 29 heavy (non-hydrogen) atoms. The van der Waals surface area contributed by atoms with Gasteiger partial charge < -0.3 is 10.3 Å². The van der Waals surface area contributed by atoms with E-state index in [4.69, 9.17) is 0 Å². The van der Waals surface area contributed by atoms with Gasteiger partial charge in [-0.15, -0.1) is 11.3 Å². The molecule has 3 nitrogen and oxygen atoms in total. The molecule has 142 valence electrons. The second-order valence-electron chi connectivity index (χ2n) is 7.08. The number of rotatable bonds is 5. The number of nitrogens with one attached hydrogen (secondary N) is 2. The van der Waals surface area contributed by atoms with E-state index in [0.717, 1.165) is 34.2 Å². The molecular formula is C25H20N2OS. The minimum absolute atomic E-state index is 0.0214. The highest BCUT2D eigenvalue weighted by Gasteiger charge is 2.23. The van der Waals surface area contributed by atoms with Crippen LogP contribution in [-0.2, 0) is 11.2 Å². The minimum Gasteiger partial charge on any atom is -0.361 e. The molecule has 4 aromatic rings. The number of para-hydroxylation sites is 1. The average Bonchev–Trinajstić information content (AvgIpc) is 3.48. The minimum atomic E-state index is -0.0214. The standard InChI is InChI=1S/C25H20N2OS/c28-25(26-12-11-17-16-27-24-10-4-3-8-21(17)24)23-15-18(14-19-6-5-13-29-19)20-7-1-2-9-22(20)23/h1-10,13-16,27H,11-12H2,(H,26,28)/b18-14+. The van der Waals surface area contributed by atoms with Crippen LogP contribution in [0.5, 0.6) is 0 Å². The highest BCUT2D eigenvalue weighted by molar-refractivity contribution is 7.10. The van der Waals surface area contributed by atoms with E-state index in [0.29, 0.717) is 6.54 Å². The lowest BCUT2D eigenvalue weighted by atomic mass is 10.0. The summed E-state index contributed by atoms with van der Waals surface area (Å²) in [6, 6.07) is 20.5. The third-order valence-corrected chi connectivity index (χ3v) is 6.09. The van der Waals surface area contributed by atoms with Gasteiger partial charge in [-0.2, -0.15) is 0 Å². The highest BCUT2D eigenvalue weighted by Crippen LogP contribution is 2.36. The quantitative estimate of drug-likeness (QED) is 0.458. The molecule has 2 N–H and O–H groups in total. The van der Waals surface area contributed by atoms with Crippen LogP contribution in [0.25, 0.3) is 28.1 Å². The summed E-state index contributed by atoms with van der Waals surface area (Å²) in [5, 5.41) is 6.38. The van der Waals surface area contributed by atoms with Gasteiger partial charge in [-0.25, -0.2) is 0 Å². The third-order valence-electron chi connectivity index (χ3n) is 5.27. The number of H-pyrrole nitrogens is 1. The van der Waals surface area contributed by atoms with Crippen molar-refractivity contribution in [3.63, 3.8) is 0 Å². The summed E-state index contributed by atoms with van der Waals surface area (Å²) in [5.41, 5.74) is 6.29. The van der Waals surface area contributed by atoms with Crippen LogP contribution in [0.2, 0.25) is 0 Å². The topological polar surface area (TPSA) is 44.9 Å². The summed E-state index contributed by atoms with van der Waals surface area (Å²) in [6.07, 6.45) is 6.98. The molecule has 0 unspecified atom stereocenters. The Kier molecular flexibility index (Phi) is 4.62. The molecule has 0 fully saturated rings. The first-order chi connectivity index (χ1) is 14.3. The van der Waals surface area contributed by atoms with E-state index < -0.39 is 0 Å². The first-order valence-corrected chi connectivity index (χ1v) is 10.6. The van der Waals surface area contributed by atoms with E-state index in [-0.39, 0.29) is 5.91 Å². The van der Waals surface area contributed by atoms with Crippen molar-refractivity contribution in [3.8, 4) is 0 Å². The number of thiophene rings is 1. The van der Waals surface area contributed by atoms with Crippen LogP contribution in [0.3, 0.4) is 0 Å². The largest absolute Gasteiger partial charge is 0.361 e. The molecular weight excluding hydrogens is 376 g/mol. The summed E-state index contributed by atoms with van der Waals surface area (Å²) < 4.78 is 0. The highest BCUT2D eigenvalue weighted by atomic mass is 32.1. The molecule has 1 aliphatic rings. The molecule has 2 aromatic heterocycles. The zero-order valence-electron chi connectivity index (χ0n) is 15.8. The fourth-order valence-electron chi connectivity index (χ4n) is 3.86. The number of aromatic nitrogens is 1. The Labute approximate surface area is 173 Å². The number of fused-ring (bicyclic) bond motifs is 2. The molecule has 0 bridgehead atoms. The first-order valence-electron chi connectivity index (χ1n) is 9.69. The molecule has 4 heteroatoms. The number of aromatic amines is 1. The Morgan fingerprint density at radius 3 is 2.69 bits per heavy atom. The number of hydrogen-bond donors (Lipinski definition) is 2. The maximum atomic E-state index is 12.9. The SMILES string of the molecule is O=C(NCCc1c[nH]c2ccccc12)C1=C/C(=C\c2cccs2)c2ccccc21. The lowest BCUT2D eigenvalue weighted by Crippen LogP contribution is -2.26. The lowest BCUT2D eigenvalue weighted by Gasteiger charge is -2.07. The molecule has 0 saturated heterocycles. The number of carbonyl (C=O) groups excluding carboxylic acids is 1. The van der Waals surface area contributed by atoms with Crippen LogP contribution in [-0.4, -0.2) is 17.4 Å². The van der Waals surface area contributed by atoms with Crippen LogP contribution in [0.1, 0.15) is 21.6 Å². The van der Waals surface area contributed by atoms with Gasteiger partial charge in [-0.3, -0.25) is 4.79 Å². The maximum Gasteiger partial charge on any atom is 0.251 e. The number of allylic oxidation sites excluding steroid dienone is 2. The molecule has 5 rings (SSSR count). The fraction of sp³-hybridized carbons (Fsp3) is 0.0800. The second-order valence-corrected chi connectivity index (χ2v) is 8.06. The summed E-state index contributed by atoms with van der Waals surface area (Å²) >= 11 is 1.70. The van der Waals surface area contributed by atoms with Crippen LogP contribution in [0.4, 0.5) is 0 Å². The van der Waals surface area contributed by atoms with Crippen molar-refractivity contribution in [2.45, 2.75) is 6.42 Å². The van der Waals surface area contributed by atoms with E-state index in [1.807, 2.05) is 48.7 Å². The average molecular weight is 397 g/mol. The fourth-order valence-corrected chi connectivity index (χ4v) is 4.53. The number of hydrogen-bond acceptors (Lipinski definition) is 2. The van der Waals surface area contributed by atoms with Crippen LogP contribution in [0, 0.1) is 0 Å². The Morgan fingerprint density at radius 1 is 1.00 bits per heavy atom. The smallest absolute Gasteiger partial charge is 0.251 e. The molecule has 0 spiro atoms.